The minimum Gasteiger partial charge on any atom is -0.460 e. The van der Waals surface area contributed by atoms with Crippen LogP contribution in [0.4, 0.5) is 0 Å². The molecule has 1 unspecified atom stereocenters. The predicted molar refractivity (Wildman–Crippen MR) is 127 cm³/mol. The normalized spacial score (nSPS) is 23.0. The summed E-state index contributed by atoms with van der Waals surface area (Å²) in [4.78, 5) is 31.5. The fourth-order valence-corrected chi connectivity index (χ4v) is 5.91. The number of carbonyl (C=O) groups is 1. The largest absolute Gasteiger partial charge is 0.460 e. The molecule has 6 nitrogen and oxygen atoms in total. The molecule has 0 amide bonds. The number of aromatic nitrogens is 2. The molecule has 3 aromatic rings. The van der Waals surface area contributed by atoms with Crippen molar-refractivity contribution in [2.24, 2.45) is 10.8 Å². The fourth-order valence-electron chi connectivity index (χ4n) is 5.91. The van der Waals surface area contributed by atoms with E-state index in [1.54, 1.807) is 4.57 Å². The first-order valence-corrected chi connectivity index (χ1v) is 11.5. The Hall–Kier alpha value is -2.99. The molecule has 1 N–H and O–H groups in total. The molecule has 33 heavy (non-hydrogen) atoms. The summed E-state index contributed by atoms with van der Waals surface area (Å²) in [6, 6.07) is 11.9. The third-order valence-electron chi connectivity index (χ3n) is 7.64. The first kappa shape index (κ1) is 21.8. The number of fused-ring (bicyclic) bond motifs is 5. The Kier molecular flexibility index (Phi) is 4.63. The van der Waals surface area contributed by atoms with Crippen LogP contribution in [0.2, 0.25) is 0 Å². The van der Waals surface area contributed by atoms with Gasteiger partial charge in [0.15, 0.2) is 0 Å². The highest BCUT2D eigenvalue weighted by molar-refractivity contribution is 5.84. The van der Waals surface area contributed by atoms with Gasteiger partial charge in [0, 0.05) is 10.9 Å². The standard InChI is InChI=1S/C27H30N2O4/c1-6-27(32)19-12-21-22-17(11-16-9-7-8-10-20(16)28-22)13-29(21)23(30)18(19)14-33-24(31)25(2,3)15-26(27,4)5/h7-12,32H,6,13-15H2,1-5H3. The van der Waals surface area contributed by atoms with Gasteiger partial charge in [-0.05, 0) is 55.9 Å². The van der Waals surface area contributed by atoms with Crippen LogP contribution in [-0.4, -0.2) is 20.6 Å². The fraction of sp³-hybridized carbons (Fsp3) is 0.444. The zero-order valence-corrected chi connectivity index (χ0v) is 19.9. The number of ether oxygens (including phenoxy) is 1. The van der Waals surface area contributed by atoms with Crippen molar-refractivity contribution in [1.82, 2.24) is 9.55 Å². The summed E-state index contributed by atoms with van der Waals surface area (Å²) in [5.41, 5.74) is 1.16. The number of hydrogen-bond acceptors (Lipinski definition) is 5. The van der Waals surface area contributed by atoms with Gasteiger partial charge in [-0.1, -0.05) is 39.0 Å². The monoisotopic (exact) mass is 446 g/mol. The molecular weight excluding hydrogens is 416 g/mol. The average Bonchev–Trinajstić information content (AvgIpc) is 3.12. The Balaban J connectivity index is 1.79. The number of nitrogens with zero attached hydrogens (tertiary/aromatic N) is 2. The average molecular weight is 447 g/mol. The van der Waals surface area contributed by atoms with Gasteiger partial charge in [-0.15, -0.1) is 0 Å². The molecule has 2 aliphatic heterocycles. The van der Waals surface area contributed by atoms with E-state index in [1.165, 1.54) is 0 Å². The van der Waals surface area contributed by atoms with E-state index in [-0.39, 0.29) is 18.1 Å². The number of cyclic esters (lactones) is 1. The Labute approximate surface area is 193 Å². The lowest BCUT2D eigenvalue weighted by Gasteiger charge is -2.45. The maximum Gasteiger partial charge on any atom is 0.311 e. The van der Waals surface area contributed by atoms with Gasteiger partial charge in [0.25, 0.3) is 5.56 Å². The van der Waals surface area contributed by atoms with Crippen molar-refractivity contribution in [2.45, 2.75) is 66.2 Å². The van der Waals surface area contributed by atoms with Crippen molar-refractivity contribution in [3.63, 3.8) is 0 Å². The second kappa shape index (κ2) is 7.00. The number of hydrogen-bond donors (Lipinski definition) is 1. The van der Waals surface area contributed by atoms with E-state index in [0.29, 0.717) is 36.2 Å². The van der Waals surface area contributed by atoms with Crippen LogP contribution in [0.1, 0.15) is 64.2 Å². The van der Waals surface area contributed by atoms with Crippen molar-refractivity contribution in [2.75, 3.05) is 0 Å². The van der Waals surface area contributed by atoms with E-state index < -0.39 is 16.4 Å². The quantitative estimate of drug-likeness (QED) is 0.435. The summed E-state index contributed by atoms with van der Waals surface area (Å²) in [7, 11) is 0. The van der Waals surface area contributed by atoms with Gasteiger partial charge in [0.05, 0.1) is 40.0 Å². The lowest BCUT2D eigenvalue weighted by molar-refractivity contribution is -0.160. The van der Waals surface area contributed by atoms with E-state index >= 15 is 0 Å². The first-order chi connectivity index (χ1) is 15.5. The van der Waals surface area contributed by atoms with Crippen LogP contribution in [0.5, 0.6) is 0 Å². The third-order valence-corrected chi connectivity index (χ3v) is 7.64. The molecule has 4 heterocycles. The molecule has 0 saturated carbocycles. The molecule has 0 fully saturated rings. The highest BCUT2D eigenvalue weighted by atomic mass is 16.5. The molecule has 2 aliphatic rings. The van der Waals surface area contributed by atoms with Crippen molar-refractivity contribution in [3.05, 3.63) is 63.4 Å². The second-order valence-electron chi connectivity index (χ2n) is 10.7. The van der Waals surface area contributed by atoms with Gasteiger partial charge in [-0.3, -0.25) is 9.59 Å². The van der Waals surface area contributed by atoms with Gasteiger partial charge in [-0.2, -0.15) is 0 Å². The number of esters is 1. The summed E-state index contributed by atoms with van der Waals surface area (Å²) in [5.74, 6) is -0.358. The van der Waals surface area contributed by atoms with Crippen LogP contribution in [0.25, 0.3) is 22.3 Å². The molecule has 0 radical (unpaired) electrons. The Morgan fingerprint density at radius 1 is 1.12 bits per heavy atom. The Morgan fingerprint density at radius 2 is 1.85 bits per heavy atom. The molecule has 0 bridgehead atoms. The van der Waals surface area contributed by atoms with E-state index in [1.807, 2.05) is 65.0 Å². The van der Waals surface area contributed by atoms with E-state index in [2.05, 4.69) is 6.07 Å². The molecule has 0 saturated heterocycles. The van der Waals surface area contributed by atoms with Crippen molar-refractivity contribution in [3.8, 4) is 11.4 Å². The number of rotatable bonds is 1. The maximum absolute atomic E-state index is 13.8. The molecule has 0 spiro atoms. The highest BCUT2D eigenvalue weighted by Gasteiger charge is 2.51. The van der Waals surface area contributed by atoms with Gasteiger partial charge < -0.3 is 14.4 Å². The smallest absolute Gasteiger partial charge is 0.311 e. The van der Waals surface area contributed by atoms with Crippen LogP contribution in [0.3, 0.4) is 0 Å². The number of para-hydroxylation sites is 1. The van der Waals surface area contributed by atoms with E-state index in [0.717, 1.165) is 22.2 Å². The van der Waals surface area contributed by atoms with Crippen molar-refractivity contribution >= 4 is 16.9 Å². The van der Waals surface area contributed by atoms with Gasteiger partial charge in [0.1, 0.15) is 6.61 Å². The summed E-state index contributed by atoms with van der Waals surface area (Å²) >= 11 is 0. The molecule has 1 aromatic carbocycles. The van der Waals surface area contributed by atoms with Gasteiger partial charge >= 0.3 is 5.97 Å². The molecule has 0 aliphatic carbocycles. The predicted octanol–water partition coefficient (Wildman–Crippen LogP) is 4.52. The van der Waals surface area contributed by atoms with Crippen LogP contribution >= 0.6 is 0 Å². The number of pyridine rings is 2. The summed E-state index contributed by atoms with van der Waals surface area (Å²) in [6.45, 7) is 9.77. The molecule has 2 aromatic heterocycles. The topological polar surface area (TPSA) is 81.4 Å². The number of aliphatic hydroxyl groups is 1. The summed E-state index contributed by atoms with van der Waals surface area (Å²) < 4.78 is 7.33. The van der Waals surface area contributed by atoms with Crippen LogP contribution < -0.4 is 5.56 Å². The Morgan fingerprint density at radius 3 is 2.58 bits per heavy atom. The highest BCUT2D eigenvalue weighted by Crippen LogP contribution is 2.51. The molecular formula is C27H30N2O4. The lowest BCUT2D eigenvalue weighted by atomic mass is 9.62. The lowest BCUT2D eigenvalue weighted by Crippen LogP contribution is -2.46. The zero-order valence-electron chi connectivity index (χ0n) is 19.9. The molecule has 6 heteroatoms. The summed E-state index contributed by atoms with van der Waals surface area (Å²) in [6.07, 6.45) is 0.818. The minimum absolute atomic E-state index is 0.152. The van der Waals surface area contributed by atoms with Crippen LogP contribution in [0.15, 0.2) is 41.2 Å². The van der Waals surface area contributed by atoms with E-state index in [4.69, 9.17) is 9.72 Å². The van der Waals surface area contributed by atoms with Crippen LogP contribution in [0, 0.1) is 10.8 Å². The van der Waals surface area contributed by atoms with Gasteiger partial charge in [0.2, 0.25) is 0 Å². The van der Waals surface area contributed by atoms with E-state index in [9.17, 15) is 14.7 Å². The number of carbonyl (C=O) groups excluding carboxylic acids is 1. The zero-order chi connectivity index (χ0) is 23.8. The Bertz CT molecular complexity index is 1370. The van der Waals surface area contributed by atoms with Crippen molar-refractivity contribution < 1.29 is 14.6 Å². The third kappa shape index (κ3) is 3.07. The SMILES string of the molecule is CCC1(O)c2cc3n(c(=O)c2COC(=O)C(C)(C)CC1(C)C)Cc1cc2ccccc2nc1-3. The molecule has 1 atom stereocenters. The molecule has 172 valence electrons. The summed E-state index contributed by atoms with van der Waals surface area (Å²) in [5, 5.41) is 13.2. The van der Waals surface area contributed by atoms with Crippen LogP contribution in [-0.2, 0) is 28.3 Å². The first-order valence-electron chi connectivity index (χ1n) is 11.5. The minimum atomic E-state index is -1.32. The van der Waals surface area contributed by atoms with Crippen molar-refractivity contribution in [1.29, 1.82) is 0 Å². The maximum atomic E-state index is 13.8. The second-order valence-corrected chi connectivity index (χ2v) is 10.7. The van der Waals surface area contributed by atoms with Gasteiger partial charge in [-0.25, -0.2) is 4.98 Å². The number of benzene rings is 1. The molecule has 5 rings (SSSR count).